The van der Waals surface area contributed by atoms with Crippen LogP contribution in [0, 0.1) is 11.8 Å². The van der Waals surface area contributed by atoms with Crippen LogP contribution in [0.1, 0.15) is 42.1 Å². The number of amides is 1. The molecule has 1 aliphatic carbocycles. The van der Waals surface area contributed by atoms with Gasteiger partial charge < -0.3 is 15.0 Å². The Morgan fingerprint density at radius 3 is 2.61 bits per heavy atom. The molecule has 1 aromatic carbocycles. The van der Waals surface area contributed by atoms with E-state index in [4.69, 9.17) is 0 Å². The SMILES string of the molecule is CN1[C@@H]2Cn3c(ccc(/C=C/c4ccccc4)c3=O)[C@H]1[C@@H](C(=O)NC1CCC1)[C@@H]2CO. The van der Waals surface area contributed by atoms with E-state index in [0.29, 0.717) is 12.1 Å². The number of fused-ring (bicyclic) bond motifs is 4. The number of nitrogens with one attached hydrogen (secondary N) is 1. The molecule has 6 heteroatoms. The van der Waals surface area contributed by atoms with Crippen LogP contribution in [0.2, 0.25) is 0 Å². The molecule has 2 N–H and O–H groups in total. The predicted octanol–water partition coefficient (Wildman–Crippen LogP) is 2.28. The first-order valence-electron chi connectivity index (χ1n) is 11.2. The second-order valence-electron chi connectivity index (χ2n) is 9.06. The van der Waals surface area contributed by atoms with Crippen molar-refractivity contribution in [3.63, 3.8) is 0 Å². The molecule has 6 nitrogen and oxygen atoms in total. The number of carbonyl (C=O) groups excluding carboxylic acids is 1. The molecule has 0 unspecified atom stereocenters. The lowest BCUT2D eigenvalue weighted by Gasteiger charge is -2.35. The van der Waals surface area contributed by atoms with Crippen LogP contribution in [0.3, 0.4) is 0 Å². The Morgan fingerprint density at radius 1 is 1.16 bits per heavy atom. The number of pyridine rings is 1. The van der Waals surface area contributed by atoms with E-state index in [1.54, 1.807) is 0 Å². The molecular formula is C25H29N3O3. The van der Waals surface area contributed by atoms with E-state index in [0.717, 1.165) is 30.5 Å². The Bertz CT molecular complexity index is 1060. The lowest BCUT2D eigenvalue weighted by Crippen LogP contribution is -2.46. The van der Waals surface area contributed by atoms with Gasteiger partial charge in [0.15, 0.2) is 0 Å². The van der Waals surface area contributed by atoms with Gasteiger partial charge >= 0.3 is 0 Å². The van der Waals surface area contributed by atoms with Crippen molar-refractivity contribution in [2.45, 2.75) is 43.9 Å². The van der Waals surface area contributed by atoms with Gasteiger partial charge in [-0.3, -0.25) is 14.5 Å². The Morgan fingerprint density at radius 2 is 1.94 bits per heavy atom. The molecule has 3 aliphatic rings. The van der Waals surface area contributed by atoms with Crippen LogP contribution in [-0.4, -0.2) is 46.2 Å². The summed E-state index contributed by atoms with van der Waals surface area (Å²) in [6, 6.07) is 13.8. The summed E-state index contributed by atoms with van der Waals surface area (Å²) in [5, 5.41) is 13.3. The van der Waals surface area contributed by atoms with E-state index in [1.807, 2.05) is 66.2 Å². The number of likely N-dealkylation sites (N-methyl/N-ethyl adjacent to an activating group) is 1. The minimum Gasteiger partial charge on any atom is -0.396 e. The summed E-state index contributed by atoms with van der Waals surface area (Å²) in [4.78, 5) is 28.7. The highest BCUT2D eigenvalue weighted by atomic mass is 16.3. The van der Waals surface area contributed by atoms with Crippen molar-refractivity contribution in [1.82, 2.24) is 14.8 Å². The van der Waals surface area contributed by atoms with Crippen LogP contribution in [0.15, 0.2) is 47.3 Å². The van der Waals surface area contributed by atoms with E-state index in [1.165, 1.54) is 0 Å². The first-order valence-corrected chi connectivity index (χ1v) is 11.2. The molecule has 0 radical (unpaired) electrons. The third-order valence-corrected chi connectivity index (χ3v) is 7.39. The van der Waals surface area contributed by atoms with Crippen molar-refractivity contribution in [2.24, 2.45) is 11.8 Å². The summed E-state index contributed by atoms with van der Waals surface area (Å²) in [6.45, 7) is 0.435. The second kappa shape index (κ2) is 8.09. The van der Waals surface area contributed by atoms with E-state index >= 15 is 0 Å². The van der Waals surface area contributed by atoms with Crippen LogP contribution >= 0.6 is 0 Å². The molecule has 3 heterocycles. The van der Waals surface area contributed by atoms with Gasteiger partial charge in [0.25, 0.3) is 5.56 Å². The number of rotatable bonds is 5. The van der Waals surface area contributed by atoms with Crippen LogP contribution in [0.25, 0.3) is 12.2 Å². The summed E-state index contributed by atoms with van der Waals surface area (Å²) in [7, 11) is 2.01. The number of hydrogen-bond donors (Lipinski definition) is 2. The average Bonchev–Trinajstić information content (AvgIpc) is 2.93. The number of benzene rings is 1. The van der Waals surface area contributed by atoms with Gasteiger partial charge in [-0.25, -0.2) is 0 Å². The normalized spacial score (nSPS) is 27.8. The van der Waals surface area contributed by atoms with E-state index < -0.39 is 0 Å². The monoisotopic (exact) mass is 419 g/mol. The van der Waals surface area contributed by atoms with Gasteiger partial charge in [0, 0.05) is 42.4 Å². The third kappa shape index (κ3) is 3.44. The summed E-state index contributed by atoms with van der Waals surface area (Å²) in [6.07, 6.45) is 7.01. The van der Waals surface area contributed by atoms with Gasteiger partial charge in [0.2, 0.25) is 5.91 Å². The maximum atomic E-state index is 13.3. The van der Waals surface area contributed by atoms with Gasteiger partial charge in [-0.1, -0.05) is 36.4 Å². The van der Waals surface area contributed by atoms with Gasteiger partial charge in [-0.05, 0) is 50.1 Å². The molecule has 2 fully saturated rings. The maximum absolute atomic E-state index is 13.3. The Labute approximate surface area is 182 Å². The van der Waals surface area contributed by atoms with Crippen molar-refractivity contribution in [1.29, 1.82) is 0 Å². The highest BCUT2D eigenvalue weighted by Gasteiger charge is 2.54. The van der Waals surface area contributed by atoms with E-state index in [-0.39, 0.29) is 48.0 Å². The lowest BCUT2D eigenvalue weighted by molar-refractivity contribution is -0.128. The van der Waals surface area contributed by atoms with Crippen LogP contribution < -0.4 is 10.9 Å². The van der Waals surface area contributed by atoms with Crippen molar-refractivity contribution >= 4 is 18.1 Å². The summed E-state index contributed by atoms with van der Waals surface area (Å²) < 4.78 is 1.82. The standard InChI is InChI=1S/C25H29N3O3/c1-27-21-14-28-20(13-12-17(25(28)31)11-10-16-6-3-2-4-7-16)23(27)22(19(21)15-29)24(30)26-18-8-5-9-18/h2-4,6-7,10-13,18-19,21-23,29H,5,8-9,14-15H2,1H3,(H,26,30)/b11-10+/t19-,21-,22+,23+/m1/s1. The minimum absolute atomic E-state index is 0.0112. The highest BCUT2D eigenvalue weighted by Crippen LogP contribution is 2.47. The van der Waals surface area contributed by atoms with Crippen LogP contribution in [0.5, 0.6) is 0 Å². The predicted molar refractivity (Wildman–Crippen MR) is 120 cm³/mol. The van der Waals surface area contributed by atoms with Gasteiger partial charge in [-0.15, -0.1) is 0 Å². The van der Waals surface area contributed by atoms with E-state index in [2.05, 4.69) is 10.2 Å². The molecule has 1 aromatic heterocycles. The summed E-state index contributed by atoms with van der Waals surface area (Å²) in [5.74, 6) is -0.519. The molecule has 1 saturated heterocycles. The van der Waals surface area contributed by atoms with Gasteiger partial charge in [-0.2, -0.15) is 0 Å². The molecule has 5 rings (SSSR count). The van der Waals surface area contributed by atoms with E-state index in [9.17, 15) is 14.7 Å². The lowest BCUT2D eigenvalue weighted by atomic mass is 9.85. The fourth-order valence-electron chi connectivity index (χ4n) is 5.44. The average molecular weight is 420 g/mol. The zero-order valence-corrected chi connectivity index (χ0v) is 17.8. The molecule has 2 aliphatic heterocycles. The molecule has 162 valence electrons. The fourth-order valence-corrected chi connectivity index (χ4v) is 5.44. The fraction of sp³-hybridized carbons (Fsp3) is 0.440. The van der Waals surface area contributed by atoms with Gasteiger partial charge in [0.1, 0.15) is 0 Å². The molecule has 4 atom stereocenters. The number of aromatic nitrogens is 1. The molecule has 0 spiro atoms. The molecular weight excluding hydrogens is 390 g/mol. The van der Waals surface area contributed by atoms with Crippen molar-refractivity contribution in [2.75, 3.05) is 13.7 Å². The van der Waals surface area contributed by atoms with Crippen LogP contribution in [-0.2, 0) is 11.3 Å². The Hall–Kier alpha value is -2.70. The number of aliphatic hydroxyl groups is 1. The smallest absolute Gasteiger partial charge is 0.258 e. The second-order valence-corrected chi connectivity index (χ2v) is 9.06. The summed E-state index contributed by atoms with van der Waals surface area (Å²) >= 11 is 0. The zero-order valence-electron chi connectivity index (χ0n) is 17.8. The Balaban J connectivity index is 1.48. The van der Waals surface area contributed by atoms with Crippen molar-refractivity contribution in [3.05, 3.63) is 69.6 Å². The zero-order chi connectivity index (χ0) is 21.5. The highest BCUT2D eigenvalue weighted by molar-refractivity contribution is 5.81. The molecule has 2 bridgehead atoms. The number of aliphatic hydroxyl groups excluding tert-OH is 1. The van der Waals surface area contributed by atoms with Crippen molar-refractivity contribution < 1.29 is 9.90 Å². The first-order chi connectivity index (χ1) is 15.1. The van der Waals surface area contributed by atoms with Gasteiger partial charge in [0.05, 0.1) is 12.0 Å². The molecule has 1 saturated carbocycles. The molecule has 1 amide bonds. The quantitative estimate of drug-likeness (QED) is 0.780. The first kappa shape index (κ1) is 20.2. The number of carbonyl (C=O) groups is 1. The van der Waals surface area contributed by atoms with Crippen LogP contribution in [0.4, 0.5) is 0 Å². The maximum Gasteiger partial charge on any atom is 0.258 e. The summed E-state index contributed by atoms with van der Waals surface area (Å²) in [5.41, 5.74) is 2.50. The molecule has 31 heavy (non-hydrogen) atoms. The topological polar surface area (TPSA) is 74.6 Å². The number of nitrogens with zero attached hydrogens (tertiary/aromatic N) is 2. The Kier molecular flexibility index (Phi) is 5.28. The largest absolute Gasteiger partial charge is 0.396 e. The minimum atomic E-state index is -0.348. The third-order valence-electron chi connectivity index (χ3n) is 7.39. The molecule has 2 aromatic rings. The number of hydrogen-bond acceptors (Lipinski definition) is 4. The van der Waals surface area contributed by atoms with Crippen molar-refractivity contribution in [3.8, 4) is 0 Å².